The highest BCUT2D eigenvalue weighted by atomic mass is 31.2. The maximum absolute atomic E-state index is 11.4. The van der Waals surface area contributed by atoms with Gasteiger partial charge in [0.25, 0.3) is 0 Å². The van der Waals surface area contributed by atoms with Crippen molar-refractivity contribution in [2.45, 2.75) is 58.0 Å². The Morgan fingerprint density at radius 1 is 1.33 bits per heavy atom. The summed E-state index contributed by atoms with van der Waals surface area (Å²) in [5.74, 6) is -0.305. The zero-order chi connectivity index (χ0) is 14.2. The Balaban J connectivity index is 4.56. The Hall–Kier alpha value is -0.380. The summed E-state index contributed by atoms with van der Waals surface area (Å²) in [5, 5.41) is 0. The van der Waals surface area contributed by atoms with Gasteiger partial charge in [0.2, 0.25) is 0 Å². The lowest BCUT2D eigenvalue weighted by Crippen LogP contribution is -2.19. The summed E-state index contributed by atoms with van der Waals surface area (Å²) in [6.07, 6.45) is 4.11. The van der Waals surface area contributed by atoms with E-state index in [1.807, 2.05) is 6.92 Å². The molecule has 0 aliphatic rings. The fraction of sp³-hybridized carbons (Fsp3) is 0.917. The molecule has 0 saturated carbocycles. The van der Waals surface area contributed by atoms with Gasteiger partial charge in [-0.1, -0.05) is 39.5 Å². The molecular weight excluding hydrogens is 255 g/mol. The highest BCUT2D eigenvalue weighted by Gasteiger charge is 2.33. The second kappa shape index (κ2) is 8.68. The van der Waals surface area contributed by atoms with Crippen molar-refractivity contribution >= 4 is 13.6 Å². The van der Waals surface area contributed by atoms with Crippen molar-refractivity contribution in [2.24, 2.45) is 5.92 Å². The second-order valence-corrected chi connectivity index (χ2v) is 6.58. The molecule has 2 N–H and O–H groups in total. The third-order valence-electron chi connectivity index (χ3n) is 3.25. The average Bonchev–Trinajstić information content (AvgIpc) is 2.31. The number of hydrogen-bond acceptors (Lipinski definition) is 3. The lowest BCUT2D eigenvalue weighted by molar-refractivity contribution is -0.140. The second-order valence-electron chi connectivity index (χ2n) is 4.68. The molecule has 0 bridgehead atoms. The van der Waals surface area contributed by atoms with Crippen LogP contribution in [0.2, 0.25) is 0 Å². The molecule has 0 aromatic rings. The predicted octanol–water partition coefficient (Wildman–Crippen LogP) is 2.70. The van der Waals surface area contributed by atoms with E-state index in [1.54, 1.807) is 0 Å². The first kappa shape index (κ1) is 17.6. The first-order valence-electron chi connectivity index (χ1n) is 6.47. The molecule has 0 amide bonds. The maximum Gasteiger partial charge on any atom is 0.329 e. The topological polar surface area (TPSA) is 83.8 Å². The van der Waals surface area contributed by atoms with Crippen molar-refractivity contribution in [3.05, 3.63) is 0 Å². The normalized spacial score (nSPS) is 15.2. The van der Waals surface area contributed by atoms with E-state index in [0.29, 0.717) is 6.42 Å². The Morgan fingerprint density at radius 3 is 2.33 bits per heavy atom. The number of unbranched alkanes of at least 4 members (excludes halogenated alkanes) is 1. The van der Waals surface area contributed by atoms with Crippen molar-refractivity contribution in [2.75, 3.05) is 7.11 Å². The number of ether oxygens (including phenoxy) is 1. The van der Waals surface area contributed by atoms with Crippen LogP contribution in [0.15, 0.2) is 0 Å². The fourth-order valence-electron chi connectivity index (χ4n) is 1.98. The van der Waals surface area contributed by atoms with E-state index in [-0.39, 0.29) is 12.3 Å². The molecule has 0 aliphatic carbocycles. The molecule has 108 valence electrons. The Labute approximate surface area is 109 Å². The highest BCUT2D eigenvalue weighted by Crippen LogP contribution is 2.46. The number of methoxy groups -OCH3 is 1. The SMILES string of the molecule is CCCCC(CC)CC(CC(=O)OC)P(=O)(O)O. The average molecular weight is 280 g/mol. The van der Waals surface area contributed by atoms with Crippen LogP contribution >= 0.6 is 7.60 Å². The van der Waals surface area contributed by atoms with E-state index >= 15 is 0 Å². The Kier molecular flexibility index (Phi) is 8.49. The maximum atomic E-state index is 11.4. The van der Waals surface area contributed by atoms with Gasteiger partial charge < -0.3 is 14.5 Å². The summed E-state index contributed by atoms with van der Waals surface area (Å²) >= 11 is 0. The Morgan fingerprint density at radius 2 is 1.94 bits per heavy atom. The molecular formula is C12H25O5P. The predicted molar refractivity (Wildman–Crippen MR) is 70.4 cm³/mol. The van der Waals surface area contributed by atoms with Gasteiger partial charge in [0.15, 0.2) is 0 Å². The van der Waals surface area contributed by atoms with Crippen LogP contribution in [0.25, 0.3) is 0 Å². The van der Waals surface area contributed by atoms with E-state index in [1.165, 1.54) is 7.11 Å². The summed E-state index contributed by atoms with van der Waals surface area (Å²) in [6.45, 7) is 4.09. The number of carbonyl (C=O) groups excluding carboxylic acids is 1. The molecule has 6 heteroatoms. The van der Waals surface area contributed by atoms with Crippen LogP contribution in [-0.4, -0.2) is 28.5 Å². The van der Waals surface area contributed by atoms with Crippen molar-refractivity contribution in [1.82, 2.24) is 0 Å². The van der Waals surface area contributed by atoms with Gasteiger partial charge in [0, 0.05) is 0 Å². The van der Waals surface area contributed by atoms with Crippen LogP contribution in [0.5, 0.6) is 0 Å². The largest absolute Gasteiger partial charge is 0.469 e. The number of hydrogen-bond donors (Lipinski definition) is 2. The van der Waals surface area contributed by atoms with Gasteiger partial charge in [-0.3, -0.25) is 9.36 Å². The molecule has 0 heterocycles. The number of rotatable bonds is 9. The van der Waals surface area contributed by atoms with Crippen LogP contribution in [0, 0.1) is 5.92 Å². The number of esters is 1. The molecule has 18 heavy (non-hydrogen) atoms. The highest BCUT2D eigenvalue weighted by molar-refractivity contribution is 7.52. The molecule has 0 saturated heterocycles. The Bertz CT molecular complexity index is 286. The molecule has 0 radical (unpaired) electrons. The lowest BCUT2D eigenvalue weighted by Gasteiger charge is -2.22. The molecule has 0 aliphatic heterocycles. The lowest BCUT2D eigenvalue weighted by atomic mass is 9.93. The molecule has 5 nitrogen and oxygen atoms in total. The zero-order valence-electron chi connectivity index (χ0n) is 11.5. The van der Waals surface area contributed by atoms with E-state index in [0.717, 1.165) is 25.7 Å². The van der Waals surface area contributed by atoms with Crippen molar-refractivity contribution in [3.8, 4) is 0 Å². The van der Waals surface area contributed by atoms with Gasteiger partial charge in [0.05, 0.1) is 19.2 Å². The molecule has 0 aromatic carbocycles. The summed E-state index contributed by atoms with van der Waals surface area (Å²) in [4.78, 5) is 29.8. The molecule has 0 aromatic heterocycles. The summed E-state index contributed by atoms with van der Waals surface area (Å²) in [6, 6.07) is 0. The van der Waals surface area contributed by atoms with Crippen molar-refractivity contribution in [1.29, 1.82) is 0 Å². The smallest absolute Gasteiger partial charge is 0.329 e. The molecule has 0 fully saturated rings. The molecule has 0 rings (SSSR count). The first-order valence-corrected chi connectivity index (χ1v) is 8.15. The first-order chi connectivity index (χ1) is 8.35. The summed E-state index contributed by atoms with van der Waals surface area (Å²) in [5.41, 5.74) is -0.910. The third kappa shape index (κ3) is 7.14. The third-order valence-corrected chi connectivity index (χ3v) is 4.60. The van der Waals surface area contributed by atoms with E-state index in [2.05, 4.69) is 11.7 Å². The van der Waals surface area contributed by atoms with Gasteiger partial charge >= 0.3 is 13.6 Å². The van der Waals surface area contributed by atoms with Crippen LogP contribution in [0.3, 0.4) is 0 Å². The summed E-state index contributed by atoms with van der Waals surface area (Å²) in [7, 11) is -3.01. The summed E-state index contributed by atoms with van der Waals surface area (Å²) < 4.78 is 15.9. The minimum absolute atomic E-state index is 0.205. The standard InChI is InChI=1S/C12H25O5P/c1-4-6-7-10(5-2)8-11(18(14,15)16)9-12(13)17-3/h10-11H,4-9H2,1-3H3,(H2,14,15,16). The van der Waals surface area contributed by atoms with Crippen LogP contribution in [0.4, 0.5) is 0 Å². The molecule has 0 spiro atoms. The van der Waals surface area contributed by atoms with E-state index < -0.39 is 19.2 Å². The van der Waals surface area contributed by atoms with E-state index in [9.17, 15) is 19.1 Å². The van der Waals surface area contributed by atoms with Crippen LogP contribution < -0.4 is 0 Å². The van der Waals surface area contributed by atoms with Crippen molar-refractivity contribution in [3.63, 3.8) is 0 Å². The van der Waals surface area contributed by atoms with Gasteiger partial charge in [-0.15, -0.1) is 0 Å². The van der Waals surface area contributed by atoms with Crippen LogP contribution in [-0.2, 0) is 14.1 Å². The van der Waals surface area contributed by atoms with Gasteiger partial charge in [-0.05, 0) is 12.3 Å². The van der Waals surface area contributed by atoms with E-state index in [4.69, 9.17) is 0 Å². The molecule has 2 atom stereocenters. The minimum Gasteiger partial charge on any atom is -0.469 e. The molecule has 2 unspecified atom stereocenters. The zero-order valence-corrected chi connectivity index (χ0v) is 12.4. The van der Waals surface area contributed by atoms with Gasteiger partial charge in [-0.2, -0.15) is 0 Å². The quantitative estimate of drug-likeness (QED) is 0.501. The minimum atomic E-state index is -4.24. The van der Waals surface area contributed by atoms with Crippen molar-refractivity contribution < 1.29 is 23.9 Å². The monoisotopic (exact) mass is 280 g/mol. The van der Waals surface area contributed by atoms with Crippen LogP contribution in [0.1, 0.15) is 52.4 Å². The van der Waals surface area contributed by atoms with Gasteiger partial charge in [-0.25, -0.2) is 0 Å². The van der Waals surface area contributed by atoms with Gasteiger partial charge in [0.1, 0.15) is 0 Å². The number of carbonyl (C=O) groups is 1. The fourth-order valence-corrected chi connectivity index (χ4v) is 2.94.